The van der Waals surface area contributed by atoms with Crippen molar-refractivity contribution in [1.82, 2.24) is 5.32 Å². The minimum atomic E-state index is -4.28. The lowest BCUT2D eigenvalue weighted by atomic mass is 9.97. The van der Waals surface area contributed by atoms with Gasteiger partial charge in [0.2, 0.25) is 0 Å². The molecule has 0 bridgehead atoms. The number of nitrogens with one attached hydrogen (secondary N) is 1. The molecular formula is C8H18FNO2S. The van der Waals surface area contributed by atoms with Crippen LogP contribution < -0.4 is 5.32 Å². The lowest BCUT2D eigenvalue weighted by molar-refractivity contribution is 0.380. The van der Waals surface area contributed by atoms with Gasteiger partial charge in [0.25, 0.3) is 0 Å². The SMILES string of the molecule is CC(C)(C)CNCCCS(=O)(=O)F. The Kier molecular flexibility index (Phi) is 4.85. The first-order valence-corrected chi connectivity index (χ1v) is 5.89. The van der Waals surface area contributed by atoms with Crippen LogP contribution in [0.5, 0.6) is 0 Å². The van der Waals surface area contributed by atoms with Crippen molar-refractivity contribution in [3.05, 3.63) is 0 Å². The van der Waals surface area contributed by atoms with Crippen LogP contribution in [0.2, 0.25) is 0 Å². The van der Waals surface area contributed by atoms with Crippen molar-refractivity contribution in [1.29, 1.82) is 0 Å². The van der Waals surface area contributed by atoms with Gasteiger partial charge in [-0.15, -0.1) is 3.89 Å². The summed E-state index contributed by atoms with van der Waals surface area (Å²) < 4.78 is 32.2. The second kappa shape index (κ2) is 4.91. The van der Waals surface area contributed by atoms with E-state index in [1.807, 2.05) is 0 Å². The summed E-state index contributed by atoms with van der Waals surface area (Å²) in [6, 6.07) is 0. The second-order valence-corrected chi connectivity index (χ2v) is 5.82. The molecular weight excluding hydrogens is 193 g/mol. The molecule has 0 spiro atoms. The molecule has 13 heavy (non-hydrogen) atoms. The molecule has 0 rings (SSSR count). The molecule has 5 heteroatoms. The largest absolute Gasteiger partial charge is 0.316 e. The average molecular weight is 211 g/mol. The molecule has 0 atom stereocenters. The van der Waals surface area contributed by atoms with Crippen LogP contribution in [0.3, 0.4) is 0 Å². The van der Waals surface area contributed by atoms with E-state index in [2.05, 4.69) is 26.1 Å². The van der Waals surface area contributed by atoms with Crippen LogP contribution in [0.4, 0.5) is 3.89 Å². The average Bonchev–Trinajstić information content (AvgIpc) is 1.81. The summed E-state index contributed by atoms with van der Waals surface area (Å²) in [5, 5.41) is 3.07. The van der Waals surface area contributed by atoms with E-state index in [-0.39, 0.29) is 11.2 Å². The van der Waals surface area contributed by atoms with E-state index >= 15 is 0 Å². The van der Waals surface area contributed by atoms with E-state index in [4.69, 9.17) is 0 Å². The van der Waals surface area contributed by atoms with Crippen LogP contribution in [0.25, 0.3) is 0 Å². The van der Waals surface area contributed by atoms with Gasteiger partial charge in [-0.3, -0.25) is 0 Å². The van der Waals surface area contributed by atoms with Gasteiger partial charge in [-0.25, -0.2) is 0 Å². The first-order valence-electron chi connectivity index (χ1n) is 4.34. The predicted octanol–water partition coefficient (Wildman–Crippen LogP) is 1.31. The molecule has 0 saturated heterocycles. The molecule has 0 fully saturated rings. The molecule has 0 aromatic carbocycles. The van der Waals surface area contributed by atoms with Gasteiger partial charge >= 0.3 is 10.2 Å². The highest BCUT2D eigenvalue weighted by Gasteiger charge is 2.09. The summed E-state index contributed by atoms with van der Waals surface area (Å²) in [7, 11) is -4.28. The van der Waals surface area contributed by atoms with E-state index in [1.54, 1.807) is 0 Å². The van der Waals surface area contributed by atoms with E-state index in [0.29, 0.717) is 13.0 Å². The minimum absolute atomic E-state index is 0.175. The Balaban J connectivity index is 3.39. The minimum Gasteiger partial charge on any atom is -0.316 e. The van der Waals surface area contributed by atoms with E-state index in [0.717, 1.165) is 6.54 Å². The molecule has 0 aliphatic heterocycles. The van der Waals surface area contributed by atoms with Crippen LogP contribution in [0.1, 0.15) is 27.2 Å². The summed E-state index contributed by atoms with van der Waals surface area (Å²) in [5.41, 5.74) is 0.175. The fraction of sp³-hybridized carbons (Fsp3) is 1.00. The third-order valence-corrected chi connectivity index (χ3v) is 2.17. The topological polar surface area (TPSA) is 46.2 Å². The third kappa shape index (κ3) is 11.8. The van der Waals surface area contributed by atoms with Crippen molar-refractivity contribution in [2.45, 2.75) is 27.2 Å². The molecule has 0 aromatic rings. The summed E-state index contributed by atoms with van der Waals surface area (Å²) in [6.45, 7) is 7.57. The summed E-state index contributed by atoms with van der Waals surface area (Å²) in [5.74, 6) is -0.385. The fourth-order valence-electron chi connectivity index (χ4n) is 0.833. The molecule has 80 valence electrons. The standard InChI is InChI=1S/C8H18FNO2S/c1-8(2,3)7-10-5-4-6-13(9,11)12/h10H,4-7H2,1-3H3. The highest BCUT2D eigenvalue weighted by Crippen LogP contribution is 2.09. The maximum absolute atomic E-state index is 12.0. The number of hydrogen-bond donors (Lipinski definition) is 1. The Morgan fingerprint density at radius 2 is 1.85 bits per heavy atom. The molecule has 0 radical (unpaired) electrons. The highest BCUT2D eigenvalue weighted by atomic mass is 32.3. The van der Waals surface area contributed by atoms with Gasteiger partial charge in [-0.1, -0.05) is 20.8 Å². The van der Waals surface area contributed by atoms with Gasteiger partial charge < -0.3 is 5.32 Å². The second-order valence-electron chi connectivity index (χ2n) is 4.33. The predicted molar refractivity (Wildman–Crippen MR) is 51.8 cm³/mol. The van der Waals surface area contributed by atoms with Crippen LogP contribution >= 0.6 is 0 Å². The lowest BCUT2D eigenvalue weighted by Crippen LogP contribution is -2.28. The van der Waals surface area contributed by atoms with Crippen molar-refractivity contribution in [2.75, 3.05) is 18.8 Å². The maximum Gasteiger partial charge on any atom is 0.302 e. The van der Waals surface area contributed by atoms with Crippen LogP contribution in [0, 0.1) is 5.41 Å². The van der Waals surface area contributed by atoms with Crippen molar-refractivity contribution in [2.24, 2.45) is 5.41 Å². The molecule has 0 aliphatic carbocycles. The zero-order valence-electron chi connectivity index (χ0n) is 8.43. The Hall–Kier alpha value is -0.160. The molecule has 0 aliphatic rings. The molecule has 0 aromatic heterocycles. The molecule has 0 heterocycles. The monoisotopic (exact) mass is 211 g/mol. The van der Waals surface area contributed by atoms with E-state index in [9.17, 15) is 12.3 Å². The molecule has 1 N–H and O–H groups in total. The van der Waals surface area contributed by atoms with Crippen molar-refractivity contribution >= 4 is 10.2 Å². The molecule has 3 nitrogen and oxygen atoms in total. The maximum atomic E-state index is 12.0. The van der Waals surface area contributed by atoms with Crippen molar-refractivity contribution in [3.63, 3.8) is 0 Å². The van der Waals surface area contributed by atoms with Gasteiger partial charge in [-0.2, -0.15) is 8.42 Å². The van der Waals surface area contributed by atoms with Gasteiger partial charge in [-0.05, 0) is 24.9 Å². The van der Waals surface area contributed by atoms with Crippen LogP contribution in [-0.4, -0.2) is 27.3 Å². The molecule has 0 saturated carbocycles. The van der Waals surface area contributed by atoms with E-state index in [1.165, 1.54) is 0 Å². The summed E-state index contributed by atoms with van der Waals surface area (Å²) in [6.07, 6.45) is 0.328. The number of hydrogen-bond acceptors (Lipinski definition) is 3. The summed E-state index contributed by atoms with van der Waals surface area (Å²) >= 11 is 0. The van der Waals surface area contributed by atoms with Gasteiger partial charge in [0, 0.05) is 0 Å². The lowest BCUT2D eigenvalue weighted by Gasteiger charge is -2.18. The first-order chi connectivity index (χ1) is 5.71. The molecule has 0 amide bonds. The Morgan fingerprint density at radius 3 is 2.23 bits per heavy atom. The normalized spacial score (nSPS) is 13.2. The molecule has 0 unspecified atom stereocenters. The Morgan fingerprint density at radius 1 is 1.31 bits per heavy atom. The van der Waals surface area contributed by atoms with E-state index < -0.39 is 10.2 Å². The van der Waals surface area contributed by atoms with Gasteiger partial charge in [0.05, 0.1) is 5.75 Å². The van der Waals surface area contributed by atoms with Crippen molar-refractivity contribution in [3.8, 4) is 0 Å². The first kappa shape index (κ1) is 12.8. The Bertz CT molecular complexity index is 231. The smallest absolute Gasteiger partial charge is 0.302 e. The quantitative estimate of drug-likeness (QED) is 0.551. The van der Waals surface area contributed by atoms with Crippen molar-refractivity contribution < 1.29 is 12.3 Å². The number of halogens is 1. The van der Waals surface area contributed by atoms with Gasteiger partial charge in [0.1, 0.15) is 0 Å². The zero-order chi connectivity index (χ0) is 10.5. The van der Waals surface area contributed by atoms with Crippen LogP contribution in [0.15, 0.2) is 0 Å². The summed E-state index contributed by atoms with van der Waals surface area (Å²) in [4.78, 5) is 0. The highest BCUT2D eigenvalue weighted by molar-refractivity contribution is 7.86. The Labute approximate surface area is 79.9 Å². The fourth-order valence-corrected chi connectivity index (χ4v) is 1.32. The van der Waals surface area contributed by atoms with Gasteiger partial charge in [0.15, 0.2) is 0 Å². The third-order valence-electron chi connectivity index (χ3n) is 1.40. The zero-order valence-corrected chi connectivity index (χ0v) is 9.25. The van der Waals surface area contributed by atoms with Crippen LogP contribution in [-0.2, 0) is 10.2 Å². The number of rotatable bonds is 5.